The summed E-state index contributed by atoms with van der Waals surface area (Å²) >= 11 is 0. The van der Waals surface area contributed by atoms with E-state index in [1.165, 1.54) is 0 Å². The largest absolute Gasteiger partial charge is 0.495 e. The number of carbonyl (C=O) groups excluding carboxylic acids is 2. The van der Waals surface area contributed by atoms with Crippen molar-refractivity contribution in [3.05, 3.63) is 54.2 Å². The maximum Gasteiger partial charge on any atom is 0.410 e. The van der Waals surface area contributed by atoms with Gasteiger partial charge in [-0.15, -0.1) is 0 Å². The summed E-state index contributed by atoms with van der Waals surface area (Å²) in [5.74, 6) is 2.22. The van der Waals surface area contributed by atoms with Crippen molar-refractivity contribution < 1.29 is 23.8 Å². The molecule has 0 aromatic carbocycles. The summed E-state index contributed by atoms with van der Waals surface area (Å²) in [5, 5.41) is 4.54. The Balaban J connectivity index is 1.12. The quantitative estimate of drug-likeness (QED) is 0.200. The van der Waals surface area contributed by atoms with E-state index >= 15 is 0 Å². The summed E-state index contributed by atoms with van der Waals surface area (Å²) in [6, 6.07) is 8.39. The molecule has 0 spiro atoms. The molecule has 0 unspecified atom stereocenters. The number of aromatic nitrogens is 4. The van der Waals surface area contributed by atoms with E-state index in [1.807, 2.05) is 67.9 Å². The van der Waals surface area contributed by atoms with Gasteiger partial charge in [-0.1, -0.05) is 0 Å². The average Bonchev–Trinajstić information content (AvgIpc) is 3.61. The van der Waals surface area contributed by atoms with Gasteiger partial charge in [-0.25, -0.2) is 9.78 Å². The number of methoxy groups -OCH3 is 1. The molecule has 0 radical (unpaired) electrons. The summed E-state index contributed by atoms with van der Waals surface area (Å²) < 4.78 is 19.3. The number of ether oxygens (including phenoxy) is 3. The summed E-state index contributed by atoms with van der Waals surface area (Å²) in [6.07, 6.45) is 12.2. The number of nitrogens with zero attached hydrogens (tertiary/aromatic N) is 6. The Kier molecular flexibility index (Phi) is 11.3. The van der Waals surface area contributed by atoms with Crippen LogP contribution in [-0.2, 0) is 14.3 Å². The summed E-state index contributed by atoms with van der Waals surface area (Å²) in [5.41, 5.74) is 3.73. The Morgan fingerprint density at radius 1 is 0.980 bits per heavy atom. The third kappa shape index (κ3) is 8.73. The van der Waals surface area contributed by atoms with E-state index in [0.29, 0.717) is 63.0 Å². The molecule has 0 bridgehead atoms. The lowest BCUT2D eigenvalue weighted by Crippen LogP contribution is -2.64. The first-order valence-corrected chi connectivity index (χ1v) is 18.9. The molecule has 1 saturated heterocycles. The first-order valence-electron chi connectivity index (χ1n) is 18.9. The highest BCUT2D eigenvalue weighted by Crippen LogP contribution is 2.38. The number of hydrogen-bond donors (Lipinski definition) is 0. The van der Waals surface area contributed by atoms with Crippen LogP contribution in [0.25, 0.3) is 11.1 Å². The van der Waals surface area contributed by atoms with Crippen LogP contribution in [0.15, 0.2) is 42.9 Å². The molecule has 2 amide bonds. The van der Waals surface area contributed by atoms with Crippen molar-refractivity contribution in [3.8, 4) is 16.9 Å². The zero-order valence-electron chi connectivity index (χ0n) is 31.5. The van der Waals surface area contributed by atoms with Crippen LogP contribution in [0.5, 0.6) is 5.75 Å². The highest BCUT2D eigenvalue weighted by Gasteiger charge is 2.44. The van der Waals surface area contributed by atoms with E-state index in [0.717, 1.165) is 53.9 Å². The first-order chi connectivity index (χ1) is 24.4. The topological polar surface area (TPSA) is 112 Å². The number of carbonyl (C=O) groups is 2. The van der Waals surface area contributed by atoms with E-state index in [-0.39, 0.29) is 41.8 Å². The molecule has 0 N–H and O–H groups in total. The molecule has 11 nitrogen and oxygen atoms in total. The number of rotatable bonds is 11. The molecule has 2 aliphatic carbocycles. The van der Waals surface area contributed by atoms with Gasteiger partial charge in [0.15, 0.2) is 0 Å². The fourth-order valence-electron chi connectivity index (χ4n) is 8.12. The number of amides is 2. The third-order valence-electron chi connectivity index (χ3n) is 10.9. The van der Waals surface area contributed by atoms with Crippen LogP contribution in [0, 0.1) is 18.8 Å². The van der Waals surface area contributed by atoms with E-state index in [2.05, 4.69) is 25.0 Å². The van der Waals surface area contributed by atoms with Gasteiger partial charge in [0.05, 0.1) is 38.2 Å². The van der Waals surface area contributed by atoms with Gasteiger partial charge in [-0.05, 0) is 129 Å². The Bertz CT molecular complexity index is 1650. The Hall–Kier alpha value is -3.99. The van der Waals surface area contributed by atoms with Gasteiger partial charge in [0.25, 0.3) is 0 Å². The van der Waals surface area contributed by atoms with Gasteiger partial charge in [0.2, 0.25) is 5.91 Å². The molecule has 276 valence electrons. The van der Waals surface area contributed by atoms with Gasteiger partial charge in [-0.2, -0.15) is 5.10 Å². The molecule has 3 aromatic rings. The summed E-state index contributed by atoms with van der Waals surface area (Å²) in [6.45, 7) is 14.0. The lowest BCUT2D eigenvalue weighted by atomic mass is 9.79. The van der Waals surface area contributed by atoms with Crippen LogP contribution in [0.3, 0.4) is 0 Å². The Morgan fingerprint density at radius 2 is 1.71 bits per heavy atom. The molecule has 2 saturated carbocycles. The average molecular weight is 701 g/mol. The minimum atomic E-state index is -0.314. The van der Waals surface area contributed by atoms with E-state index in [1.54, 1.807) is 18.2 Å². The minimum absolute atomic E-state index is 0.109. The van der Waals surface area contributed by atoms with Crippen molar-refractivity contribution in [3.63, 3.8) is 0 Å². The fourth-order valence-corrected chi connectivity index (χ4v) is 8.12. The van der Waals surface area contributed by atoms with Crippen LogP contribution in [0.1, 0.15) is 109 Å². The minimum Gasteiger partial charge on any atom is -0.495 e. The Labute approximate surface area is 303 Å². The molecular formula is C40H56N6O5. The predicted molar refractivity (Wildman–Crippen MR) is 197 cm³/mol. The zero-order chi connectivity index (χ0) is 36.3. The number of hydrogen-bond acceptors (Lipinski definition) is 8. The van der Waals surface area contributed by atoms with Crippen molar-refractivity contribution >= 4 is 17.8 Å². The maximum atomic E-state index is 14.5. The second kappa shape index (κ2) is 15.7. The van der Waals surface area contributed by atoms with Crippen LogP contribution < -0.4 is 9.64 Å². The predicted octanol–water partition coefficient (Wildman–Crippen LogP) is 7.74. The molecule has 1 aliphatic heterocycles. The maximum absolute atomic E-state index is 14.5. The van der Waals surface area contributed by atoms with E-state index < -0.39 is 0 Å². The fraction of sp³-hybridized carbons (Fsp3) is 0.625. The van der Waals surface area contributed by atoms with Crippen molar-refractivity contribution in [1.29, 1.82) is 0 Å². The highest BCUT2D eigenvalue weighted by atomic mass is 16.6. The molecule has 3 aromatic heterocycles. The van der Waals surface area contributed by atoms with E-state index in [4.69, 9.17) is 24.2 Å². The molecule has 51 heavy (non-hydrogen) atoms. The molecule has 4 heterocycles. The van der Waals surface area contributed by atoms with Gasteiger partial charge >= 0.3 is 6.09 Å². The molecule has 0 atom stereocenters. The summed E-state index contributed by atoms with van der Waals surface area (Å²) in [7, 11) is 1.68. The van der Waals surface area contributed by atoms with Crippen molar-refractivity contribution in [2.24, 2.45) is 11.8 Å². The third-order valence-corrected chi connectivity index (χ3v) is 10.9. The van der Waals surface area contributed by atoms with Crippen molar-refractivity contribution in [1.82, 2.24) is 24.6 Å². The molecular weight excluding hydrogens is 644 g/mol. The zero-order valence-corrected chi connectivity index (χ0v) is 31.5. The second-order valence-electron chi connectivity index (χ2n) is 15.7. The van der Waals surface area contributed by atoms with Gasteiger partial charge in [0, 0.05) is 48.1 Å². The number of pyridine rings is 2. The second-order valence-corrected chi connectivity index (χ2v) is 15.7. The molecule has 3 fully saturated rings. The van der Waals surface area contributed by atoms with Gasteiger partial charge in [-0.3, -0.25) is 19.4 Å². The van der Waals surface area contributed by atoms with Gasteiger partial charge < -0.3 is 19.1 Å². The number of aryl methyl sites for hydroxylation is 1. The monoisotopic (exact) mass is 700 g/mol. The SMILES string of the molecule is COc1ccc(C2CCC(CN(C(=O)C3CCC(OC(=O)N4CC(C)(OC(C)C)C4)CC3)c3cc(-c4cnn(C(C)C)c4)ccn3)CC2)nc1C. The van der Waals surface area contributed by atoms with Gasteiger partial charge in [0.1, 0.15) is 23.3 Å². The summed E-state index contributed by atoms with van der Waals surface area (Å²) in [4.78, 5) is 40.6. The van der Waals surface area contributed by atoms with Crippen LogP contribution in [-0.4, -0.2) is 81.2 Å². The number of anilines is 1. The van der Waals surface area contributed by atoms with Crippen LogP contribution >= 0.6 is 0 Å². The lowest BCUT2D eigenvalue weighted by molar-refractivity contribution is -0.148. The molecule has 11 heteroatoms. The first kappa shape index (κ1) is 36.8. The highest BCUT2D eigenvalue weighted by molar-refractivity contribution is 5.94. The van der Waals surface area contributed by atoms with E-state index in [9.17, 15) is 9.59 Å². The Morgan fingerprint density at radius 3 is 2.33 bits per heavy atom. The molecule has 3 aliphatic rings. The lowest BCUT2D eigenvalue weighted by Gasteiger charge is -2.48. The van der Waals surface area contributed by atoms with Crippen LogP contribution in [0.2, 0.25) is 0 Å². The standard InChI is InChI=1S/C40H56N6O5/c1-26(2)46-23-33(21-42-46)32-18-19-41-37(20-32)45(22-29-8-10-30(11-9-29)35-16-17-36(49-7)28(5)43-35)38(47)31-12-14-34(15-13-31)50-39(48)44-24-40(6,25-44)51-27(3)4/h16-21,23,26-27,29-31,34H,8-15,22,24-25H2,1-7H3. The van der Waals surface area contributed by atoms with Crippen molar-refractivity contribution in [2.45, 2.75) is 123 Å². The number of likely N-dealkylation sites (tertiary alicyclic amines) is 1. The van der Waals surface area contributed by atoms with Crippen LogP contribution in [0.4, 0.5) is 10.6 Å². The van der Waals surface area contributed by atoms with Crippen molar-refractivity contribution in [2.75, 3.05) is 31.6 Å². The molecule has 6 rings (SSSR count). The normalized spacial score (nSPS) is 23.2. The smallest absolute Gasteiger partial charge is 0.410 e.